The van der Waals surface area contributed by atoms with Crippen molar-refractivity contribution in [2.24, 2.45) is 5.41 Å². The average Bonchev–Trinajstić information content (AvgIpc) is 2.31. The largest absolute Gasteiger partial charge is 0.392 e. The zero-order chi connectivity index (χ0) is 13.5. The Morgan fingerprint density at radius 2 is 1.94 bits per heavy atom. The third-order valence-electron chi connectivity index (χ3n) is 3.71. The molecule has 1 fully saturated rings. The normalized spacial score (nSPS) is 25.1. The van der Waals surface area contributed by atoms with Crippen LogP contribution in [0.2, 0.25) is 0 Å². The number of nitrogens with one attached hydrogen (secondary N) is 1. The van der Waals surface area contributed by atoms with Gasteiger partial charge >= 0.3 is 0 Å². The summed E-state index contributed by atoms with van der Waals surface area (Å²) in [6, 6.07) is 3.49. The molecule has 18 heavy (non-hydrogen) atoms. The van der Waals surface area contributed by atoms with Crippen molar-refractivity contribution in [1.29, 1.82) is 5.26 Å². The Bertz CT molecular complexity index is 499. The smallest absolute Gasteiger partial charge is 0.150 e. The molecule has 1 aromatic carbocycles. The van der Waals surface area contributed by atoms with Crippen LogP contribution in [0.4, 0.5) is 14.5 Å². The highest BCUT2D eigenvalue weighted by atomic mass is 19.1. The van der Waals surface area contributed by atoms with Crippen molar-refractivity contribution in [3.63, 3.8) is 0 Å². The molecule has 2 atom stereocenters. The summed E-state index contributed by atoms with van der Waals surface area (Å²) in [7, 11) is 0. The number of hydrogen-bond acceptors (Lipinski definition) is 3. The number of benzene rings is 1. The molecular weight excluding hydrogens is 238 g/mol. The molecular formula is C13H14F2N2O. The highest BCUT2D eigenvalue weighted by Crippen LogP contribution is 2.42. The topological polar surface area (TPSA) is 56.0 Å². The van der Waals surface area contributed by atoms with Crippen LogP contribution in [0.25, 0.3) is 0 Å². The lowest BCUT2D eigenvalue weighted by molar-refractivity contribution is -0.0512. The van der Waals surface area contributed by atoms with Gasteiger partial charge in [0.05, 0.1) is 17.7 Å². The molecule has 1 aliphatic rings. The first-order valence-corrected chi connectivity index (χ1v) is 5.70. The molecule has 0 heterocycles. The van der Waals surface area contributed by atoms with Crippen LogP contribution in [0.1, 0.15) is 25.8 Å². The Morgan fingerprint density at radius 1 is 1.39 bits per heavy atom. The van der Waals surface area contributed by atoms with Crippen molar-refractivity contribution in [2.45, 2.75) is 32.4 Å². The maximum atomic E-state index is 13.7. The summed E-state index contributed by atoms with van der Waals surface area (Å²) in [5.41, 5.74) is -0.713. The number of aliphatic hydroxyl groups is 1. The van der Waals surface area contributed by atoms with Gasteiger partial charge in [0, 0.05) is 11.5 Å². The van der Waals surface area contributed by atoms with Gasteiger partial charge in [-0.05, 0) is 18.6 Å². The molecule has 0 aliphatic heterocycles. The number of nitriles is 1. The van der Waals surface area contributed by atoms with Crippen LogP contribution in [0.3, 0.4) is 0 Å². The third-order valence-corrected chi connectivity index (χ3v) is 3.71. The number of aliphatic hydroxyl groups excluding tert-OH is 1. The van der Waals surface area contributed by atoms with Crippen molar-refractivity contribution in [1.82, 2.24) is 0 Å². The number of rotatable bonds is 2. The molecule has 0 amide bonds. The summed E-state index contributed by atoms with van der Waals surface area (Å²) in [5.74, 6) is -1.58. The van der Waals surface area contributed by atoms with Gasteiger partial charge in [-0.2, -0.15) is 5.26 Å². The van der Waals surface area contributed by atoms with E-state index >= 15 is 0 Å². The van der Waals surface area contributed by atoms with E-state index < -0.39 is 23.2 Å². The van der Waals surface area contributed by atoms with Gasteiger partial charge in [-0.25, -0.2) is 8.78 Å². The Balaban J connectivity index is 2.24. The van der Waals surface area contributed by atoms with Gasteiger partial charge in [0.25, 0.3) is 0 Å². The molecule has 2 N–H and O–H groups in total. The van der Waals surface area contributed by atoms with E-state index in [4.69, 9.17) is 5.26 Å². The molecule has 1 saturated carbocycles. The van der Waals surface area contributed by atoms with Crippen molar-refractivity contribution in [3.05, 3.63) is 29.3 Å². The fourth-order valence-corrected chi connectivity index (χ4v) is 2.10. The quantitative estimate of drug-likeness (QED) is 0.849. The van der Waals surface area contributed by atoms with Crippen LogP contribution < -0.4 is 5.32 Å². The molecule has 0 saturated heterocycles. The summed E-state index contributed by atoms with van der Waals surface area (Å²) in [6.07, 6.45) is -0.0224. The first-order valence-electron chi connectivity index (χ1n) is 5.70. The van der Waals surface area contributed by atoms with Gasteiger partial charge in [-0.3, -0.25) is 0 Å². The summed E-state index contributed by atoms with van der Waals surface area (Å²) >= 11 is 0. The first kappa shape index (κ1) is 12.8. The molecule has 0 aromatic heterocycles. The highest BCUT2D eigenvalue weighted by Gasteiger charge is 2.47. The summed E-state index contributed by atoms with van der Waals surface area (Å²) in [5, 5.41) is 20.9. The molecule has 0 radical (unpaired) electrons. The van der Waals surface area contributed by atoms with Gasteiger partial charge < -0.3 is 10.4 Å². The maximum Gasteiger partial charge on any atom is 0.150 e. The number of hydrogen-bond donors (Lipinski definition) is 2. The maximum absolute atomic E-state index is 13.7. The monoisotopic (exact) mass is 252 g/mol. The SMILES string of the molecule is CC1(C)C(O)CC1Nc1c(F)cc(C#N)cc1F. The predicted octanol–water partition coefficient (Wildman–Crippen LogP) is 2.41. The van der Waals surface area contributed by atoms with E-state index in [1.54, 1.807) is 6.07 Å². The Kier molecular flexibility index (Phi) is 2.99. The molecule has 2 rings (SSSR count). The van der Waals surface area contributed by atoms with E-state index in [2.05, 4.69) is 5.32 Å². The highest BCUT2D eigenvalue weighted by molar-refractivity contribution is 5.51. The van der Waals surface area contributed by atoms with Crippen molar-refractivity contribution >= 4 is 5.69 Å². The second kappa shape index (κ2) is 4.21. The van der Waals surface area contributed by atoms with E-state index in [1.165, 1.54) is 0 Å². The number of anilines is 1. The van der Waals surface area contributed by atoms with Gasteiger partial charge in [0.2, 0.25) is 0 Å². The van der Waals surface area contributed by atoms with Crippen LogP contribution >= 0.6 is 0 Å². The van der Waals surface area contributed by atoms with Crippen molar-refractivity contribution in [3.8, 4) is 6.07 Å². The second-order valence-corrected chi connectivity index (χ2v) is 5.20. The molecule has 5 heteroatoms. The van der Waals surface area contributed by atoms with Crippen LogP contribution in [0.5, 0.6) is 0 Å². The van der Waals surface area contributed by atoms with Crippen molar-refractivity contribution in [2.75, 3.05) is 5.32 Å². The molecule has 96 valence electrons. The summed E-state index contributed by atoms with van der Waals surface area (Å²) in [4.78, 5) is 0. The summed E-state index contributed by atoms with van der Waals surface area (Å²) < 4.78 is 27.3. The van der Waals surface area contributed by atoms with Gasteiger partial charge in [-0.1, -0.05) is 13.8 Å². The summed E-state index contributed by atoms with van der Waals surface area (Å²) in [6.45, 7) is 3.66. The number of halogens is 2. The molecule has 1 aromatic rings. The zero-order valence-corrected chi connectivity index (χ0v) is 10.2. The van der Waals surface area contributed by atoms with Gasteiger partial charge in [0.15, 0.2) is 11.6 Å². The lowest BCUT2D eigenvalue weighted by Gasteiger charge is -2.49. The van der Waals surface area contributed by atoms with Crippen LogP contribution in [0, 0.1) is 28.4 Å². The minimum Gasteiger partial charge on any atom is -0.392 e. The molecule has 0 spiro atoms. The Hall–Kier alpha value is -1.67. The average molecular weight is 252 g/mol. The van der Waals surface area contributed by atoms with E-state index in [0.29, 0.717) is 6.42 Å². The minimum absolute atomic E-state index is 0.0524. The van der Waals surface area contributed by atoms with Crippen LogP contribution in [-0.4, -0.2) is 17.3 Å². The second-order valence-electron chi connectivity index (χ2n) is 5.20. The van der Waals surface area contributed by atoms with Crippen molar-refractivity contribution < 1.29 is 13.9 Å². The minimum atomic E-state index is -0.788. The third kappa shape index (κ3) is 1.93. The molecule has 1 aliphatic carbocycles. The number of nitrogens with zero attached hydrogens (tertiary/aromatic N) is 1. The fourth-order valence-electron chi connectivity index (χ4n) is 2.10. The molecule has 2 unspecified atom stereocenters. The lowest BCUT2D eigenvalue weighted by Crippen LogP contribution is -2.57. The van der Waals surface area contributed by atoms with E-state index in [0.717, 1.165) is 12.1 Å². The Labute approximate surface area is 104 Å². The van der Waals surface area contributed by atoms with E-state index in [-0.39, 0.29) is 17.3 Å². The predicted molar refractivity (Wildman–Crippen MR) is 62.9 cm³/mol. The van der Waals surface area contributed by atoms with E-state index in [1.807, 2.05) is 13.8 Å². The van der Waals surface area contributed by atoms with Crippen LogP contribution in [0.15, 0.2) is 12.1 Å². The van der Waals surface area contributed by atoms with Gasteiger partial charge in [0.1, 0.15) is 5.69 Å². The first-order chi connectivity index (χ1) is 8.36. The standard InChI is InChI=1S/C13H14F2N2O/c1-13(2)10(5-11(13)18)17-12-8(14)3-7(6-16)4-9(12)15/h3-4,10-11,17-18H,5H2,1-2H3. The lowest BCUT2D eigenvalue weighted by atomic mass is 9.64. The van der Waals surface area contributed by atoms with Crippen LogP contribution in [-0.2, 0) is 0 Å². The Morgan fingerprint density at radius 3 is 2.33 bits per heavy atom. The zero-order valence-electron chi connectivity index (χ0n) is 10.2. The van der Waals surface area contributed by atoms with E-state index in [9.17, 15) is 13.9 Å². The molecule has 0 bridgehead atoms. The molecule has 3 nitrogen and oxygen atoms in total. The van der Waals surface area contributed by atoms with Gasteiger partial charge in [-0.15, -0.1) is 0 Å². The fraction of sp³-hybridized carbons (Fsp3) is 0.462.